The van der Waals surface area contributed by atoms with Gasteiger partial charge in [-0.15, -0.1) is 10.2 Å². The fraction of sp³-hybridized carbons (Fsp3) is 0.375. The Kier molecular flexibility index (Phi) is 5.50. The van der Waals surface area contributed by atoms with Crippen molar-refractivity contribution in [2.75, 3.05) is 31.1 Å². The number of morpholine rings is 1. The van der Waals surface area contributed by atoms with Gasteiger partial charge in [0.1, 0.15) is 5.51 Å². The van der Waals surface area contributed by atoms with Crippen molar-refractivity contribution in [2.24, 2.45) is 0 Å². The van der Waals surface area contributed by atoms with Crippen LogP contribution in [0.15, 0.2) is 30.0 Å². The zero-order valence-corrected chi connectivity index (χ0v) is 14.2. The van der Waals surface area contributed by atoms with Crippen molar-refractivity contribution in [1.82, 2.24) is 20.5 Å². The van der Waals surface area contributed by atoms with Crippen LogP contribution in [0.4, 0.5) is 5.13 Å². The largest absolute Gasteiger partial charge is 0.373 e. The van der Waals surface area contributed by atoms with Crippen molar-refractivity contribution in [2.45, 2.75) is 13.0 Å². The van der Waals surface area contributed by atoms with Crippen molar-refractivity contribution >= 4 is 28.5 Å². The first-order chi connectivity index (χ1) is 11.7. The quantitative estimate of drug-likeness (QED) is 0.822. The summed E-state index contributed by atoms with van der Waals surface area (Å²) < 4.78 is 5.70. The molecule has 2 aromatic heterocycles. The van der Waals surface area contributed by atoms with Gasteiger partial charge in [-0.3, -0.25) is 9.78 Å². The molecule has 1 aliphatic rings. The predicted octanol–water partition coefficient (Wildman–Crippen LogP) is 1.28. The molecular weight excluding hydrogens is 326 g/mol. The molecule has 1 aliphatic heterocycles. The van der Waals surface area contributed by atoms with Gasteiger partial charge in [0.15, 0.2) is 0 Å². The highest BCUT2D eigenvalue weighted by molar-refractivity contribution is 7.13. The molecular formula is C16H19N5O2S. The number of carbonyl (C=O) groups is 1. The van der Waals surface area contributed by atoms with Crippen LogP contribution < -0.4 is 10.2 Å². The first-order valence-electron chi connectivity index (χ1n) is 7.71. The molecule has 0 spiro atoms. The van der Waals surface area contributed by atoms with Gasteiger partial charge in [-0.1, -0.05) is 11.3 Å². The zero-order valence-electron chi connectivity index (χ0n) is 13.4. The Labute approximate surface area is 144 Å². The van der Waals surface area contributed by atoms with Crippen molar-refractivity contribution in [3.63, 3.8) is 0 Å². The lowest BCUT2D eigenvalue weighted by Crippen LogP contribution is -2.47. The van der Waals surface area contributed by atoms with Crippen LogP contribution in [0.1, 0.15) is 11.1 Å². The maximum absolute atomic E-state index is 11.9. The fourth-order valence-corrected chi connectivity index (χ4v) is 3.03. The van der Waals surface area contributed by atoms with E-state index in [1.54, 1.807) is 24.0 Å². The first-order valence-corrected chi connectivity index (χ1v) is 8.59. The number of nitrogens with zero attached hydrogens (tertiary/aromatic N) is 4. The summed E-state index contributed by atoms with van der Waals surface area (Å²) in [5, 5.41) is 11.7. The summed E-state index contributed by atoms with van der Waals surface area (Å²) in [4.78, 5) is 18.2. The van der Waals surface area contributed by atoms with E-state index in [4.69, 9.17) is 4.74 Å². The summed E-state index contributed by atoms with van der Waals surface area (Å²) >= 11 is 1.51. The average molecular weight is 345 g/mol. The first kappa shape index (κ1) is 16.5. The summed E-state index contributed by atoms with van der Waals surface area (Å²) in [5.74, 6) is -0.145. The summed E-state index contributed by atoms with van der Waals surface area (Å²) in [5.41, 5.74) is 3.68. The third-order valence-electron chi connectivity index (χ3n) is 3.59. The number of hydrogen-bond acceptors (Lipinski definition) is 7. The van der Waals surface area contributed by atoms with E-state index in [-0.39, 0.29) is 12.0 Å². The Morgan fingerprint density at radius 2 is 2.46 bits per heavy atom. The van der Waals surface area contributed by atoms with Gasteiger partial charge in [0.05, 0.1) is 12.7 Å². The van der Waals surface area contributed by atoms with Gasteiger partial charge in [0.2, 0.25) is 11.0 Å². The second-order valence-electron chi connectivity index (χ2n) is 5.53. The predicted molar refractivity (Wildman–Crippen MR) is 92.9 cm³/mol. The molecule has 7 nitrogen and oxygen atoms in total. The van der Waals surface area contributed by atoms with Gasteiger partial charge in [0, 0.05) is 38.1 Å². The lowest BCUT2D eigenvalue weighted by atomic mass is 10.2. The van der Waals surface area contributed by atoms with Gasteiger partial charge < -0.3 is 15.0 Å². The third-order valence-corrected chi connectivity index (χ3v) is 4.34. The maximum Gasteiger partial charge on any atom is 0.244 e. The summed E-state index contributed by atoms with van der Waals surface area (Å²) in [7, 11) is 0. The van der Waals surface area contributed by atoms with Crippen LogP contribution in [0, 0.1) is 6.92 Å². The van der Waals surface area contributed by atoms with Crippen LogP contribution in [0.25, 0.3) is 6.08 Å². The number of amides is 1. The minimum absolute atomic E-state index is 0.0550. The molecule has 1 N–H and O–H groups in total. The molecule has 8 heteroatoms. The molecule has 1 saturated heterocycles. The van der Waals surface area contributed by atoms with Crippen LogP contribution in [0.3, 0.4) is 0 Å². The highest BCUT2D eigenvalue weighted by Gasteiger charge is 2.22. The SMILES string of the molecule is Cc1cncc(C=CC(=O)NCC2CN(c3nncs3)CCO2)c1. The van der Waals surface area contributed by atoms with Crippen LogP contribution in [0.5, 0.6) is 0 Å². The summed E-state index contributed by atoms with van der Waals surface area (Å²) in [6.07, 6.45) is 6.72. The number of hydrogen-bond donors (Lipinski definition) is 1. The van der Waals surface area contributed by atoms with E-state index in [0.717, 1.165) is 22.8 Å². The maximum atomic E-state index is 11.9. The number of carbonyl (C=O) groups excluding carboxylic acids is 1. The number of aryl methyl sites for hydroxylation is 1. The molecule has 126 valence electrons. The minimum atomic E-state index is -0.145. The smallest absolute Gasteiger partial charge is 0.244 e. The van der Waals surface area contributed by atoms with E-state index in [0.29, 0.717) is 19.7 Å². The Morgan fingerprint density at radius 1 is 1.54 bits per heavy atom. The summed E-state index contributed by atoms with van der Waals surface area (Å²) in [6.45, 7) is 4.53. The molecule has 3 rings (SSSR count). The Bertz CT molecular complexity index is 704. The lowest BCUT2D eigenvalue weighted by molar-refractivity contribution is -0.117. The normalized spacial score (nSPS) is 18.0. The molecule has 0 radical (unpaired) electrons. The van der Waals surface area contributed by atoms with Crippen LogP contribution >= 0.6 is 11.3 Å². The topological polar surface area (TPSA) is 80.2 Å². The number of ether oxygens (including phenoxy) is 1. The number of nitrogens with one attached hydrogen (secondary N) is 1. The van der Waals surface area contributed by atoms with E-state index in [9.17, 15) is 4.79 Å². The second kappa shape index (κ2) is 7.98. The highest BCUT2D eigenvalue weighted by atomic mass is 32.1. The van der Waals surface area contributed by atoms with Crippen LogP contribution in [0.2, 0.25) is 0 Å². The number of aromatic nitrogens is 3. The number of pyridine rings is 1. The standard InChI is InChI=1S/C16H19N5O2S/c1-12-6-13(8-17-7-12)2-3-15(22)18-9-14-10-21(4-5-23-14)16-20-19-11-24-16/h2-3,6-8,11,14H,4-5,9-10H2,1H3,(H,18,22). The van der Waals surface area contributed by atoms with Crippen molar-refractivity contribution in [3.8, 4) is 0 Å². The molecule has 0 aliphatic carbocycles. The van der Waals surface area contributed by atoms with Gasteiger partial charge in [-0.05, 0) is 30.2 Å². The molecule has 3 heterocycles. The van der Waals surface area contributed by atoms with E-state index >= 15 is 0 Å². The molecule has 2 aromatic rings. The summed E-state index contributed by atoms with van der Waals surface area (Å²) in [6, 6.07) is 1.97. The van der Waals surface area contributed by atoms with Gasteiger partial charge in [-0.2, -0.15) is 0 Å². The molecule has 0 aromatic carbocycles. The molecule has 0 saturated carbocycles. The Morgan fingerprint density at radius 3 is 3.25 bits per heavy atom. The molecule has 24 heavy (non-hydrogen) atoms. The van der Waals surface area contributed by atoms with Crippen molar-refractivity contribution in [1.29, 1.82) is 0 Å². The van der Waals surface area contributed by atoms with E-state index in [2.05, 4.69) is 25.4 Å². The average Bonchev–Trinajstić information content (AvgIpc) is 3.13. The monoisotopic (exact) mass is 345 g/mol. The minimum Gasteiger partial charge on any atom is -0.373 e. The van der Waals surface area contributed by atoms with Crippen LogP contribution in [-0.4, -0.2) is 53.4 Å². The molecule has 1 amide bonds. The van der Waals surface area contributed by atoms with Crippen molar-refractivity contribution < 1.29 is 9.53 Å². The number of anilines is 1. The molecule has 1 unspecified atom stereocenters. The van der Waals surface area contributed by atoms with Gasteiger partial charge in [-0.25, -0.2) is 0 Å². The zero-order chi connectivity index (χ0) is 16.8. The van der Waals surface area contributed by atoms with E-state index in [1.165, 1.54) is 17.4 Å². The Balaban J connectivity index is 1.47. The number of rotatable bonds is 5. The van der Waals surface area contributed by atoms with Gasteiger partial charge in [0.25, 0.3) is 0 Å². The lowest BCUT2D eigenvalue weighted by Gasteiger charge is -2.32. The Hall–Kier alpha value is -2.32. The second-order valence-corrected chi connectivity index (χ2v) is 6.35. The highest BCUT2D eigenvalue weighted by Crippen LogP contribution is 2.18. The molecule has 0 bridgehead atoms. The van der Waals surface area contributed by atoms with Crippen LogP contribution in [-0.2, 0) is 9.53 Å². The van der Waals surface area contributed by atoms with Gasteiger partial charge >= 0.3 is 0 Å². The van der Waals surface area contributed by atoms with Crippen molar-refractivity contribution in [3.05, 3.63) is 41.2 Å². The molecule has 1 atom stereocenters. The fourth-order valence-electron chi connectivity index (χ4n) is 2.44. The third kappa shape index (κ3) is 4.59. The van der Waals surface area contributed by atoms with E-state index in [1.807, 2.05) is 13.0 Å². The van der Waals surface area contributed by atoms with E-state index < -0.39 is 0 Å². The molecule has 1 fully saturated rings.